The number of carbonyl (C=O) groups is 2. The number of ether oxygens (including phenoxy) is 1. The summed E-state index contributed by atoms with van der Waals surface area (Å²) in [6, 6.07) is 3.44. The van der Waals surface area contributed by atoms with Crippen molar-refractivity contribution in [1.82, 2.24) is 20.1 Å². The summed E-state index contributed by atoms with van der Waals surface area (Å²) < 4.78 is 5.55. The number of fused-ring (bicyclic) bond motifs is 1. The van der Waals surface area contributed by atoms with E-state index in [1.807, 2.05) is 20.8 Å². The fraction of sp³-hybridized carbons (Fsp3) is 0.741. The quantitative estimate of drug-likeness (QED) is 0.334. The molecule has 0 aromatic carbocycles. The molecule has 3 N–H and O–H groups in total. The zero-order valence-corrected chi connectivity index (χ0v) is 22.3. The Labute approximate surface area is 216 Å². The van der Waals surface area contributed by atoms with Crippen molar-refractivity contribution in [3.63, 3.8) is 0 Å². The lowest BCUT2D eigenvalue weighted by molar-refractivity contribution is -0.139. The van der Waals surface area contributed by atoms with Crippen LogP contribution in [0.25, 0.3) is 0 Å². The van der Waals surface area contributed by atoms with E-state index in [0.717, 1.165) is 76.1 Å². The molecule has 2 aliphatic rings. The Morgan fingerprint density at radius 2 is 2.00 bits per heavy atom. The number of aliphatic carboxylic acids is 1. The van der Waals surface area contributed by atoms with Crippen molar-refractivity contribution in [2.24, 2.45) is 0 Å². The van der Waals surface area contributed by atoms with Crippen molar-refractivity contribution in [2.75, 3.05) is 44.7 Å². The van der Waals surface area contributed by atoms with Gasteiger partial charge in [-0.3, -0.25) is 0 Å². The molecule has 0 radical (unpaired) electrons. The third-order valence-corrected chi connectivity index (χ3v) is 7.38. The molecular formula is C27H45N5O4. The zero-order valence-electron chi connectivity index (χ0n) is 22.3. The number of nitrogens with zero attached hydrogens (tertiary/aromatic N) is 3. The van der Waals surface area contributed by atoms with E-state index in [-0.39, 0.29) is 18.1 Å². The van der Waals surface area contributed by atoms with E-state index in [4.69, 9.17) is 9.72 Å². The Kier molecular flexibility index (Phi) is 11.3. The largest absolute Gasteiger partial charge is 0.480 e. The van der Waals surface area contributed by atoms with Gasteiger partial charge in [0.05, 0.1) is 6.61 Å². The highest BCUT2D eigenvalue weighted by Crippen LogP contribution is 2.23. The summed E-state index contributed by atoms with van der Waals surface area (Å²) in [5.41, 5.74) is 2.42. The first kappa shape index (κ1) is 28.2. The van der Waals surface area contributed by atoms with Crippen LogP contribution in [0.4, 0.5) is 10.6 Å². The van der Waals surface area contributed by atoms with Gasteiger partial charge in [-0.05, 0) is 90.3 Å². The highest BCUT2D eigenvalue weighted by Gasteiger charge is 2.33. The van der Waals surface area contributed by atoms with Crippen LogP contribution in [0.2, 0.25) is 0 Å². The van der Waals surface area contributed by atoms with Gasteiger partial charge in [-0.25, -0.2) is 14.6 Å². The molecule has 1 saturated heterocycles. The summed E-state index contributed by atoms with van der Waals surface area (Å²) >= 11 is 0. The van der Waals surface area contributed by atoms with E-state index < -0.39 is 12.0 Å². The number of urea groups is 1. The van der Waals surface area contributed by atoms with E-state index in [0.29, 0.717) is 26.2 Å². The SMILES string of the molecule is CCOCCN(CCCCc1ccc2c(n1)NCCC2)CC[C@H](NC(=O)N1[C@H](C)CC[C@H]1C)C(=O)O. The number of aryl methyl sites for hydroxylation is 2. The minimum Gasteiger partial charge on any atom is -0.480 e. The smallest absolute Gasteiger partial charge is 0.326 e. The van der Waals surface area contributed by atoms with Crippen molar-refractivity contribution in [3.05, 3.63) is 23.4 Å². The highest BCUT2D eigenvalue weighted by molar-refractivity contribution is 5.83. The number of hydrogen-bond acceptors (Lipinski definition) is 6. The normalized spacial score (nSPS) is 20.2. The molecule has 0 spiro atoms. The molecule has 0 saturated carbocycles. The molecule has 0 bridgehead atoms. The molecule has 2 aliphatic heterocycles. The lowest BCUT2D eigenvalue weighted by Crippen LogP contribution is -2.51. The molecule has 9 heteroatoms. The molecule has 3 rings (SSSR count). The van der Waals surface area contributed by atoms with E-state index in [1.165, 1.54) is 5.56 Å². The summed E-state index contributed by atoms with van der Waals surface area (Å²) in [6.07, 6.45) is 7.46. The Morgan fingerprint density at radius 1 is 1.22 bits per heavy atom. The third kappa shape index (κ3) is 8.34. The first-order valence-corrected chi connectivity index (χ1v) is 13.7. The molecule has 1 aromatic heterocycles. The van der Waals surface area contributed by atoms with E-state index in [2.05, 4.69) is 27.7 Å². The molecule has 1 fully saturated rings. The minimum absolute atomic E-state index is 0.137. The maximum atomic E-state index is 12.8. The van der Waals surface area contributed by atoms with Gasteiger partial charge < -0.3 is 30.3 Å². The number of carbonyl (C=O) groups excluding carboxylic acids is 1. The first-order chi connectivity index (χ1) is 17.4. The molecule has 36 heavy (non-hydrogen) atoms. The molecule has 0 unspecified atom stereocenters. The van der Waals surface area contributed by atoms with Gasteiger partial charge >= 0.3 is 12.0 Å². The van der Waals surface area contributed by atoms with Gasteiger partial charge in [-0.1, -0.05) is 6.07 Å². The zero-order chi connectivity index (χ0) is 25.9. The van der Waals surface area contributed by atoms with Crippen LogP contribution in [0.15, 0.2) is 12.1 Å². The lowest BCUT2D eigenvalue weighted by atomic mass is 10.1. The number of carboxylic acid groups (broad SMARTS) is 1. The van der Waals surface area contributed by atoms with E-state index >= 15 is 0 Å². The molecule has 2 amide bonds. The standard InChI is InChI=1S/C27H45N5O4/c1-4-36-19-18-31(16-6-5-9-23-13-12-22-8-7-15-28-25(22)29-23)17-14-24(26(33)34)30-27(35)32-20(2)10-11-21(32)3/h12-13,20-21,24H,4-11,14-19H2,1-3H3,(H,28,29)(H,30,35)(H,33,34)/t20-,21-,24+/m1/s1. The van der Waals surface area contributed by atoms with E-state index in [1.54, 1.807) is 4.90 Å². The molecule has 9 nitrogen and oxygen atoms in total. The van der Waals surface area contributed by atoms with Crippen molar-refractivity contribution in [3.8, 4) is 0 Å². The van der Waals surface area contributed by atoms with Gasteiger partial charge in [-0.15, -0.1) is 0 Å². The molecule has 1 aromatic rings. The van der Waals surface area contributed by atoms with Crippen molar-refractivity contribution >= 4 is 17.8 Å². The summed E-state index contributed by atoms with van der Waals surface area (Å²) in [6.45, 7) is 10.5. The average Bonchev–Trinajstić information content (AvgIpc) is 3.21. The van der Waals surface area contributed by atoms with Crippen LogP contribution in [0.3, 0.4) is 0 Å². The first-order valence-electron chi connectivity index (χ1n) is 13.7. The van der Waals surface area contributed by atoms with Crippen LogP contribution in [0.5, 0.6) is 0 Å². The number of nitrogens with one attached hydrogen (secondary N) is 2. The van der Waals surface area contributed by atoms with Gasteiger partial charge in [-0.2, -0.15) is 0 Å². The second kappa shape index (κ2) is 14.4. The second-order valence-electron chi connectivity index (χ2n) is 10.1. The number of amides is 2. The number of hydrogen-bond donors (Lipinski definition) is 3. The van der Waals surface area contributed by atoms with Crippen LogP contribution in [0, 0.1) is 0 Å². The molecule has 0 aliphatic carbocycles. The van der Waals surface area contributed by atoms with Crippen LogP contribution in [-0.4, -0.2) is 89.4 Å². The summed E-state index contributed by atoms with van der Waals surface area (Å²) in [5.74, 6) is 0.0521. The van der Waals surface area contributed by atoms with Crippen molar-refractivity contribution < 1.29 is 19.4 Å². The van der Waals surface area contributed by atoms with Crippen molar-refractivity contribution in [1.29, 1.82) is 0 Å². The van der Waals surface area contributed by atoms with Gasteiger partial charge in [0, 0.05) is 44.0 Å². The van der Waals surface area contributed by atoms with E-state index in [9.17, 15) is 14.7 Å². The second-order valence-corrected chi connectivity index (χ2v) is 10.1. The number of aromatic nitrogens is 1. The molecule has 202 valence electrons. The molecular weight excluding hydrogens is 458 g/mol. The number of carboxylic acids is 1. The molecule has 3 heterocycles. The number of unbranched alkanes of at least 4 members (excludes halogenated alkanes) is 1. The summed E-state index contributed by atoms with van der Waals surface area (Å²) in [4.78, 5) is 33.5. The lowest BCUT2D eigenvalue weighted by Gasteiger charge is -2.29. The Morgan fingerprint density at radius 3 is 2.72 bits per heavy atom. The van der Waals surface area contributed by atoms with Crippen LogP contribution in [0.1, 0.15) is 70.6 Å². The monoisotopic (exact) mass is 503 g/mol. The van der Waals surface area contributed by atoms with Gasteiger partial charge in [0.15, 0.2) is 0 Å². The number of anilines is 1. The van der Waals surface area contributed by atoms with Gasteiger partial charge in [0.25, 0.3) is 0 Å². The van der Waals surface area contributed by atoms with Crippen LogP contribution < -0.4 is 10.6 Å². The summed E-state index contributed by atoms with van der Waals surface area (Å²) in [7, 11) is 0. The number of pyridine rings is 1. The maximum Gasteiger partial charge on any atom is 0.326 e. The number of rotatable bonds is 14. The Bertz CT molecular complexity index is 841. The molecule has 3 atom stereocenters. The van der Waals surface area contributed by atoms with Gasteiger partial charge in [0.1, 0.15) is 11.9 Å². The fourth-order valence-corrected chi connectivity index (χ4v) is 5.21. The summed E-state index contributed by atoms with van der Waals surface area (Å²) in [5, 5.41) is 15.9. The Hall–Kier alpha value is -2.39. The topological polar surface area (TPSA) is 107 Å². The predicted molar refractivity (Wildman–Crippen MR) is 141 cm³/mol. The average molecular weight is 504 g/mol. The van der Waals surface area contributed by atoms with Crippen LogP contribution in [-0.2, 0) is 22.4 Å². The minimum atomic E-state index is -0.986. The fourth-order valence-electron chi connectivity index (χ4n) is 5.21. The van der Waals surface area contributed by atoms with Gasteiger partial charge in [0.2, 0.25) is 0 Å². The predicted octanol–water partition coefficient (Wildman–Crippen LogP) is 3.53. The third-order valence-electron chi connectivity index (χ3n) is 7.38. The van der Waals surface area contributed by atoms with Crippen LogP contribution >= 0.6 is 0 Å². The maximum absolute atomic E-state index is 12.8. The number of likely N-dealkylation sites (tertiary alicyclic amines) is 1. The van der Waals surface area contributed by atoms with Crippen molar-refractivity contribution in [2.45, 2.75) is 90.3 Å². The Balaban J connectivity index is 1.47. The highest BCUT2D eigenvalue weighted by atomic mass is 16.5.